The van der Waals surface area contributed by atoms with Crippen LogP contribution in [-0.2, 0) is 23.2 Å². The summed E-state index contributed by atoms with van der Waals surface area (Å²) in [5.74, 6) is 0.906. The number of ether oxygens (including phenoxy) is 4. The number of aryl methyl sites for hydroxylation is 1. The van der Waals surface area contributed by atoms with Gasteiger partial charge in [0.25, 0.3) is 0 Å². The van der Waals surface area contributed by atoms with Crippen LogP contribution >= 0.6 is 0 Å². The van der Waals surface area contributed by atoms with Crippen LogP contribution in [0.1, 0.15) is 62.0 Å². The van der Waals surface area contributed by atoms with Gasteiger partial charge in [0.2, 0.25) is 23.7 Å². The summed E-state index contributed by atoms with van der Waals surface area (Å²) in [5.41, 5.74) is 25.1. The Bertz CT molecular complexity index is 2590. The maximum Gasteiger partial charge on any atom is 1.00 e. The Kier molecular flexibility index (Phi) is 18.4. The van der Waals surface area contributed by atoms with Crippen molar-refractivity contribution in [3.05, 3.63) is 103 Å². The molecule has 0 spiro atoms. The van der Waals surface area contributed by atoms with Gasteiger partial charge in [-0.1, -0.05) is 52.0 Å². The van der Waals surface area contributed by atoms with E-state index in [1.807, 2.05) is 39.0 Å². The van der Waals surface area contributed by atoms with E-state index in [-0.39, 0.29) is 69.6 Å². The number of rotatable bonds is 8. The second-order valence-electron chi connectivity index (χ2n) is 13.5. The number of fused-ring (bicyclic) bond motifs is 3. The second kappa shape index (κ2) is 22.9. The Balaban J connectivity index is 0.000000249. The maximum absolute atomic E-state index is 13.2. The minimum Gasteiger partial charge on any atom is -0.481 e. The van der Waals surface area contributed by atoms with E-state index in [9.17, 15) is 26.3 Å². The summed E-state index contributed by atoms with van der Waals surface area (Å²) in [7, 11) is 2.71. The minimum atomic E-state index is -4.66. The summed E-state index contributed by atoms with van der Waals surface area (Å²) in [5, 5.41) is 2.28. The first-order valence-corrected chi connectivity index (χ1v) is 18.5. The third kappa shape index (κ3) is 13.7. The molecule has 23 heteroatoms. The van der Waals surface area contributed by atoms with Gasteiger partial charge in [-0.2, -0.15) is 23.1 Å². The molecule has 0 saturated carbocycles. The zero-order valence-corrected chi connectivity index (χ0v) is 36.1. The van der Waals surface area contributed by atoms with Crippen molar-refractivity contribution in [3.63, 3.8) is 0 Å². The molecule has 0 aliphatic heterocycles. The van der Waals surface area contributed by atoms with E-state index < -0.39 is 24.3 Å². The zero-order chi connectivity index (χ0) is 46.6. The van der Waals surface area contributed by atoms with Crippen LogP contribution in [0.5, 0.6) is 34.8 Å². The van der Waals surface area contributed by atoms with E-state index in [4.69, 9.17) is 41.9 Å². The smallest absolute Gasteiger partial charge is 0.481 e. The van der Waals surface area contributed by atoms with E-state index in [0.717, 1.165) is 46.2 Å². The molecular weight excluding hydrogens is 902 g/mol. The molecule has 0 unspecified atom stereocenters. The fourth-order valence-corrected chi connectivity index (χ4v) is 5.50. The molecule has 344 valence electrons. The number of anilines is 4. The number of nitrogens with two attached hydrogens (primary N) is 4. The predicted octanol–water partition coefficient (Wildman–Crippen LogP) is 9.37. The molecule has 1 aromatic carbocycles. The van der Waals surface area contributed by atoms with Crippen molar-refractivity contribution in [3.8, 4) is 34.8 Å². The largest absolute Gasteiger partial charge is 1.00 e. The summed E-state index contributed by atoms with van der Waals surface area (Å²) in [6, 6.07) is 14.8. The molecule has 8 N–H and O–H groups in total. The van der Waals surface area contributed by atoms with Gasteiger partial charge >= 0.3 is 23.2 Å². The Morgan fingerprint density at radius 3 is 1.38 bits per heavy atom. The first-order chi connectivity index (χ1) is 29.7. The average molecular weight is 945 g/mol. The quantitative estimate of drug-likeness (QED) is 0.0480. The number of pyridine rings is 4. The number of aromatic nitrogens is 8. The third-order valence-electron chi connectivity index (χ3n) is 8.31. The van der Waals surface area contributed by atoms with Crippen molar-refractivity contribution < 1.29 is 62.4 Å². The molecular formula is C41H43CuF6N12O4. The van der Waals surface area contributed by atoms with Gasteiger partial charge in [-0.05, 0) is 37.0 Å². The number of nitrogen functional groups attached to an aromatic ring is 4. The second-order valence-corrected chi connectivity index (χ2v) is 13.5. The molecule has 64 heavy (non-hydrogen) atoms. The minimum absolute atomic E-state index is 0. The Morgan fingerprint density at radius 1 is 0.594 bits per heavy atom. The van der Waals surface area contributed by atoms with E-state index in [0.29, 0.717) is 17.4 Å². The van der Waals surface area contributed by atoms with Gasteiger partial charge in [0.15, 0.2) is 29.8 Å². The van der Waals surface area contributed by atoms with Gasteiger partial charge in [-0.25, -0.2) is 19.9 Å². The molecule has 16 nitrogen and oxygen atoms in total. The molecule has 6 aromatic heterocycles. The summed E-state index contributed by atoms with van der Waals surface area (Å²) >= 11 is 0. The molecule has 0 atom stereocenters. The van der Waals surface area contributed by atoms with Crippen molar-refractivity contribution in [1.29, 1.82) is 0 Å². The molecule has 6 heterocycles. The van der Waals surface area contributed by atoms with Crippen LogP contribution in [-0.4, -0.2) is 54.1 Å². The maximum atomic E-state index is 13.2. The van der Waals surface area contributed by atoms with Crippen LogP contribution in [0.2, 0.25) is 0 Å². The zero-order valence-electron chi connectivity index (χ0n) is 35.2. The molecule has 0 aliphatic carbocycles. The summed E-state index contributed by atoms with van der Waals surface area (Å²) < 4.78 is 89.6. The fraction of sp³-hybridized carbons (Fsp3) is 0.244. The summed E-state index contributed by atoms with van der Waals surface area (Å²) in [6.45, 7) is 6.36. The number of halogens is 6. The number of methoxy groups -OCH3 is 2. The van der Waals surface area contributed by atoms with E-state index >= 15 is 0 Å². The predicted molar refractivity (Wildman–Crippen MR) is 225 cm³/mol. The van der Waals surface area contributed by atoms with Gasteiger partial charge in [0, 0.05) is 34.8 Å². The first-order valence-electron chi connectivity index (χ1n) is 18.5. The molecule has 0 saturated heterocycles. The molecule has 0 fully saturated rings. The Labute approximate surface area is 373 Å². The van der Waals surface area contributed by atoms with Gasteiger partial charge < -0.3 is 55.1 Å². The standard InChI is InChI=1S/C14H16F3N5O2.C14H19N5O2.C12H8N2.CF3.Cu/c1-6(2)10-8(24-9-5-20-13(19)22-11(9)18)4-7(14(15,16)17)12(21-10)23-3;1-7(2)11-9(5-8(3)13(18-11)20-4)21-10-6-17-14(16)19-12(10)15;1-3-9-5-6-10-4-2-8-14-12(10)11(9)13-7-1;2-1(3)4;/h4-6H,1-3H3,(H4,18,19,20,22);5-7H,1-4H3,(H4,15,16,17,19);1-8H;;/q;;;-1;+1. The van der Waals surface area contributed by atoms with Crippen LogP contribution in [0, 0.1) is 13.6 Å². The number of hydrogen-bond donors (Lipinski definition) is 4. The van der Waals surface area contributed by atoms with Crippen LogP contribution in [0.15, 0.2) is 73.3 Å². The SMILES string of the molecule is COc1nc(C(C)C)c(Oc2cnc(N)nc2N)cc1C.COc1nc(C(C)C)c(Oc2cnc(N)nc2N)cc1C(F)(F)F.F[C-](F)F.[Cu+].c1cnc2c(c1)ccc1cccnc12. The van der Waals surface area contributed by atoms with E-state index in [2.05, 4.69) is 64.1 Å². The van der Waals surface area contributed by atoms with E-state index in [1.165, 1.54) is 12.4 Å². The number of alkyl halides is 3. The van der Waals surface area contributed by atoms with Crippen LogP contribution in [0.4, 0.5) is 49.9 Å². The normalized spacial score (nSPS) is 10.8. The van der Waals surface area contributed by atoms with Crippen molar-refractivity contribution in [2.75, 3.05) is 37.2 Å². The molecule has 0 radical (unpaired) electrons. The topological polar surface area (TPSA) is 244 Å². The molecule has 0 amide bonds. The average Bonchev–Trinajstić information content (AvgIpc) is 3.22. The molecule has 0 aliphatic rings. The van der Waals surface area contributed by atoms with Crippen molar-refractivity contribution in [1.82, 2.24) is 39.9 Å². The third-order valence-corrected chi connectivity index (χ3v) is 8.31. The first kappa shape index (κ1) is 51.4. The molecule has 7 aromatic rings. The monoisotopic (exact) mass is 944 g/mol. The van der Waals surface area contributed by atoms with E-state index in [1.54, 1.807) is 33.4 Å². The van der Waals surface area contributed by atoms with Crippen LogP contribution in [0.3, 0.4) is 0 Å². The van der Waals surface area contributed by atoms with Crippen molar-refractivity contribution in [2.45, 2.75) is 52.6 Å². The molecule has 7 rings (SSSR count). The Morgan fingerprint density at radius 2 is 1.00 bits per heavy atom. The summed E-state index contributed by atoms with van der Waals surface area (Å²) in [4.78, 5) is 32.3. The van der Waals surface area contributed by atoms with Gasteiger partial charge in [-0.15, -0.1) is 0 Å². The molecule has 0 bridgehead atoms. The van der Waals surface area contributed by atoms with Crippen LogP contribution < -0.4 is 41.9 Å². The van der Waals surface area contributed by atoms with Crippen LogP contribution in [0.25, 0.3) is 21.8 Å². The van der Waals surface area contributed by atoms with Gasteiger partial charge in [0.05, 0.1) is 49.0 Å². The van der Waals surface area contributed by atoms with Crippen molar-refractivity contribution >= 4 is 45.3 Å². The Hall–Kier alpha value is -7.00. The number of hydrogen-bond acceptors (Lipinski definition) is 16. The van der Waals surface area contributed by atoms with Gasteiger partial charge in [0.1, 0.15) is 17.1 Å². The van der Waals surface area contributed by atoms with Gasteiger partial charge in [-0.3, -0.25) is 9.97 Å². The summed E-state index contributed by atoms with van der Waals surface area (Å²) in [6.07, 6.45) is 1.57. The number of benzene rings is 1. The van der Waals surface area contributed by atoms with Crippen molar-refractivity contribution in [2.24, 2.45) is 0 Å². The number of nitrogens with zero attached hydrogens (tertiary/aromatic N) is 8. The fourth-order valence-electron chi connectivity index (χ4n) is 5.50.